The summed E-state index contributed by atoms with van der Waals surface area (Å²) in [6, 6.07) is 24.9. The molecule has 6 unspecified atom stereocenters. The molecule has 4 aromatic rings. The molecule has 3 aliphatic rings. The summed E-state index contributed by atoms with van der Waals surface area (Å²) >= 11 is 1.75. The van der Waals surface area contributed by atoms with E-state index in [1.54, 1.807) is 23.5 Å². The van der Waals surface area contributed by atoms with Crippen LogP contribution < -0.4 is 0 Å². The number of likely N-dealkylation sites (N-methyl/N-ethyl adjacent to an activating group) is 1. The van der Waals surface area contributed by atoms with E-state index in [1.807, 2.05) is 36.4 Å². The maximum Gasteiger partial charge on any atom is 0.254 e. The molecule has 3 nitrogen and oxygen atoms in total. The Morgan fingerprint density at radius 2 is 1.74 bits per heavy atom. The van der Waals surface area contributed by atoms with Gasteiger partial charge in [0.15, 0.2) is 0 Å². The first kappa shape index (κ1) is 25.0. The molecule has 0 radical (unpaired) electrons. The third-order valence-corrected chi connectivity index (χ3v) is 10.7. The molecular weight excluding hydrogens is 503 g/mol. The number of piperidine rings is 1. The van der Waals surface area contributed by atoms with Crippen LogP contribution in [0.2, 0.25) is 0 Å². The highest BCUT2D eigenvalue weighted by atomic mass is 32.1. The van der Waals surface area contributed by atoms with Crippen molar-refractivity contribution >= 4 is 28.0 Å². The molecule has 39 heavy (non-hydrogen) atoms. The lowest BCUT2D eigenvalue weighted by Gasteiger charge is -2.44. The molecule has 0 aliphatic carbocycles. The lowest BCUT2D eigenvalue weighted by molar-refractivity contribution is 0.0771. The zero-order valence-electron chi connectivity index (χ0n) is 22.4. The first-order valence-electron chi connectivity index (χ1n) is 14.3. The number of halogens is 1. The molecule has 0 N–H and O–H groups in total. The summed E-state index contributed by atoms with van der Waals surface area (Å²) in [6.07, 6.45) is 4.74. The number of fused-ring (bicyclic) bond motifs is 3. The predicted molar refractivity (Wildman–Crippen MR) is 157 cm³/mol. The van der Waals surface area contributed by atoms with Crippen LogP contribution in [0.25, 0.3) is 10.8 Å². The quantitative estimate of drug-likeness (QED) is 0.262. The molecule has 1 amide bonds. The molecule has 0 spiro atoms. The van der Waals surface area contributed by atoms with E-state index >= 15 is 0 Å². The minimum Gasteiger partial charge on any atom is -0.338 e. The number of nitrogens with zero attached hydrogens (tertiary/aromatic N) is 2. The van der Waals surface area contributed by atoms with Gasteiger partial charge in [-0.05, 0) is 101 Å². The van der Waals surface area contributed by atoms with Gasteiger partial charge < -0.3 is 4.90 Å². The fourth-order valence-corrected chi connectivity index (χ4v) is 8.83. The summed E-state index contributed by atoms with van der Waals surface area (Å²) in [6.45, 7) is 1.56. The fourth-order valence-electron chi connectivity index (χ4n) is 8.10. The van der Waals surface area contributed by atoms with Crippen LogP contribution in [0.1, 0.15) is 59.0 Å². The number of hydrogen-bond donors (Lipinski definition) is 0. The van der Waals surface area contributed by atoms with Crippen molar-refractivity contribution in [2.75, 3.05) is 20.1 Å². The van der Waals surface area contributed by atoms with Crippen LogP contribution in [0.15, 0.2) is 83.6 Å². The average Bonchev–Trinajstić information content (AvgIpc) is 3.68. The van der Waals surface area contributed by atoms with E-state index in [1.165, 1.54) is 30.4 Å². The van der Waals surface area contributed by atoms with Crippen LogP contribution in [0.3, 0.4) is 0 Å². The highest BCUT2D eigenvalue weighted by Gasteiger charge is 2.48. The third-order valence-electron chi connectivity index (χ3n) is 9.97. The highest BCUT2D eigenvalue weighted by molar-refractivity contribution is 7.08. The molecule has 0 saturated carbocycles. The number of hydrogen-bond acceptors (Lipinski definition) is 3. The summed E-state index contributed by atoms with van der Waals surface area (Å²) in [5.41, 5.74) is 3.44. The highest BCUT2D eigenvalue weighted by Crippen LogP contribution is 2.51. The largest absolute Gasteiger partial charge is 0.338 e. The average molecular weight is 539 g/mol. The van der Waals surface area contributed by atoms with Crippen molar-refractivity contribution < 1.29 is 9.18 Å². The number of likely N-dealkylation sites (tertiary alicyclic amines) is 1. The van der Waals surface area contributed by atoms with Crippen molar-refractivity contribution in [3.8, 4) is 0 Å². The molecule has 1 aromatic heterocycles. The Kier molecular flexibility index (Phi) is 6.52. The molecule has 3 aliphatic heterocycles. The van der Waals surface area contributed by atoms with Gasteiger partial charge in [0.1, 0.15) is 5.82 Å². The van der Waals surface area contributed by atoms with Crippen LogP contribution >= 0.6 is 11.3 Å². The van der Waals surface area contributed by atoms with E-state index < -0.39 is 0 Å². The van der Waals surface area contributed by atoms with Crippen molar-refractivity contribution in [3.63, 3.8) is 0 Å². The van der Waals surface area contributed by atoms with Crippen LogP contribution in [-0.4, -0.2) is 47.9 Å². The lowest BCUT2D eigenvalue weighted by atomic mass is 9.70. The zero-order valence-corrected chi connectivity index (χ0v) is 23.2. The normalized spacial score (nSPS) is 28.8. The number of carbonyl (C=O) groups excluding carboxylic acids is 1. The summed E-state index contributed by atoms with van der Waals surface area (Å²) in [7, 11) is 2.28. The van der Waals surface area contributed by atoms with Gasteiger partial charge in [-0.1, -0.05) is 48.5 Å². The van der Waals surface area contributed by atoms with Gasteiger partial charge in [0.05, 0.1) is 0 Å². The van der Waals surface area contributed by atoms with Crippen LogP contribution in [0.5, 0.6) is 0 Å². The molecule has 3 fully saturated rings. The minimum atomic E-state index is -0.167. The maximum atomic E-state index is 14.0. The SMILES string of the molecule is CN1C2CCC1C(c1ccc(F)cc1)C(CC1CN(C(=O)c3cccc4ccccc34)CC1c1ccsc1)C2. The topological polar surface area (TPSA) is 23.6 Å². The molecule has 2 bridgehead atoms. The number of carbonyl (C=O) groups is 1. The smallest absolute Gasteiger partial charge is 0.254 e. The minimum absolute atomic E-state index is 0.146. The van der Waals surface area contributed by atoms with Gasteiger partial charge in [-0.15, -0.1) is 0 Å². The van der Waals surface area contributed by atoms with Gasteiger partial charge in [-0.2, -0.15) is 11.3 Å². The standard InChI is InChI=1S/C34H35FN2OS/c1-36-28-13-14-32(36)33(23-9-11-27(35)12-10-23)25(18-28)17-26-19-37(20-31(26)24-15-16-39-21-24)34(38)30-8-4-6-22-5-2-3-7-29(22)30/h2-12,15-16,21,25-26,28,31-33H,13-14,17-20H2,1H3. The van der Waals surface area contributed by atoms with Crippen molar-refractivity contribution in [1.29, 1.82) is 0 Å². The number of amides is 1. The Hall–Kier alpha value is -3.02. The van der Waals surface area contributed by atoms with Gasteiger partial charge in [0.2, 0.25) is 0 Å². The maximum absolute atomic E-state index is 14.0. The van der Waals surface area contributed by atoms with E-state index in [2.05, 4.69) is 51.9 Å². The Bertz CT molecular complexity index is 1460. The lowest BCUT2D eigenvalue weighted by Crippen LogP contribution is -2.46. The monoisotopic (exact) mass is 538 g/mol. The summed E-state index contributed by atoms with van der Waals surface area (Å²) in [5, 5.41) is 6.58. The Balaban J connectivity index is 1.19. The van der Waals surface area contributed by atoms with E-state index in [9.17, 15) is 9.18 Å². The van der Waals surface area contributed by atoms with Gasteiger partial charge in [-0.25, -0.2) is 4.39 Å². The summed E-state index contributed by atoms with van der Waals surface area (Å²) in [5.74, 6) is 1.67. The molecule has 200 valence electrons. The molecule has 3 aromatic carbocycles. The Morgan fingerprint density at radius 1 is 0.923 bits per heavy atom. The van der Waals surface area contributed by atoms with E-state index in [4.69, 9.17) is 0 Å². The first-order valence-corrected chi connectivity index (χ1v) is 15.3. The van der Waals surface area contributed by atoms with E-state index in [0.29, 0.717) is 35.8 Å². The summed E-state index contributed by atoms with van der Waals surface area (Å²) < 4.78 is 13.9. The zero-order chi connectivity index (χ0) is 26.5. The first-order chi connectivity index (χ1) is 19.1. The Labute approximate surface area is 234 Å². The second kappa shape index (κ2) is 10.2. The Morgan fingerprint density at radius 3 is 2.56 bits per heavy atom. The van der Waals surface area contributed by atoms with Crippen molar-refractivity contribution in [2.45, 2.75) is 49.6 Å². The fraction of sp³-hybridized carbons (Fsp3) is 0.382. The number of benzene rings is 3. The van der Waals surface area contributed by atoms with Gasteiger partial charge in [0.25, 0.3) is 5.91 Å². The van der Waals surface area contributed by atoms with E-state index in [-0.39, 0.29) is 11.7 Å². The molecule has 7 rings (SSSR count). The van der Waals surface area contributed by atoms with Crippen LogP contribution in [-0.2, 0) is 0 Å². The molecule has 4 heterocycles. The third kappa shape index (κ3) is 4.50. The number of thiophene rings is 1. The second-order valence-electron chi connectivity index (χ2n) is 11.9. The molecular formula is C34H35FN2OS. The van der Waals surface area contributed by atoms with Crippen LogP contribution in [0.4, 0.5) is 4.39 Å². The van der Waals surface area contributed by atoms with Gasteiger partial charge >= 0.3 is 0 Å². The van der Waals surface area contributed by atoms with Crippen molar-refractivity contribution in [2.24, 2.45) is 11.8 Å². The van der Waals surface area contributed by atoms with Gasteiger partial charge in [0, 0.05) is 42.6 Å². The molecule has 6 atom stereocenters. The van der Waals surface area contributed by atoms with Crippen molar-refractivity contribution in [1.82, 2.24) is 9.80 Å². The molecule has 3 saturated heterocycles. The number of rotatable bonds is 5. The second-order valence-corrected chi connectivity index (χ2v) is 12.7. The van der Waals surface area contributed by atoms with Crippen LogP contribution in [0, 0.1) is 17.7 Å². The predicted octanol–water partition coefficient (Wildman–Crippen LogP) is 7.55. The van der Waals surface area contributed by atoms with Crippen molar-refractivity contribution in [3.05, 3.63) is 106 Å². The van der Waals surface area contributed by atoms with Gasteiger partial charge in [-0.3, -0.25) is 9.69 Å². The molecule has 5 heteroatoms. The van der Waals surface area contributed by atoms with E-state index in [0.717, 1.165) is 35.8 Å². The summed E-state index contributed by atoms with van der Waals surface area (Å²) in [4.78, 5) is 18.7.